The minimum Gasteiger partial charge on any atom is -0.360 e. The minimum absolute atomic E-state index is 0.118. The van der Waals surface area contributed by atoms with E-state index in [9.17, 15) is 34.8 Å². The zero-order chi connectivity index (χ0) is 25.7. The van der Waals surface area contributed by atoms with Crippen LogP contribution < -0.4 is 4.90 Å². The molecule has 2 aromatic heterocycles. The Bertz CT molecular complexity index is 1400. The van der Waals surface area contributed by atoms with Gasteiger partial charge in [-0.2, -0.15) is 30.6 Å². The number of aromatic nitrogens is 2. The molecule has 194 valence electrons. The third kappa shape index (κ3) is 3.63. The molecule has 4 aliphatic rings. The van der Waals surface area contributed by atoms with E-state index in [1.54, 1.807) is 21.7 Å². The van der Waals surface area contributed by atoms with Gasteiger partial charge in [-0.3, -0.25) is 4.40 Å². The highest BCUT2D eigenvalue weighted by Crippen LogP contribution is 2.67. The van der Waals surface area contributed by atoms with Crippen molar-refractivity contribution in [2.24, 2.45) is 11.3 Å². The second-order valence-corrected chi connectivity index (χ2v) is 12.7. The molecular weight excluding hydrogens is 530 g/mol. The number of rotatable bonds is 4. The molecule has 3 aliphatic carbocycles. The maximum atomic E-state index is 13.6. The number of alkyl halides is 6. The largest absolute Gasteiger partial charge is 0.511 e. The van der Waals surface area contributed by atoms with Gasteiger partial charge in [0.25, 0.3) is 0 Å². The first kappa shape index (κ1) is 24.0. The van der Waals surface area contributed by atoms with Gasteiger partial charge < -0.3 is 4.90 Å². The van der Waals surface area contributed by atoms with Crippen LogP contribution in [0.3, 0.4) is 0 Å². The predicted octanol–water partition coefficient (Wildman–Crippen LogP) is 5.26. The number of hydrogen-bond donors (Lipinski definition) is 0. The molecule has 14 heteroatoms. The highest BCUT2D eigenvalue weighted by Gasteiger charge is 2.63. The van der Waals surface area contributed by atoms with Gasteiger partial charge in [0.1, 0.15) is 0 Å². The van der Waals surface area contributed by atoms with Gasteiger partial charge in [-0.1, -0.05) is 0 Å². The number of nitrogens with zero attached hydrogens (tertiary/aromatic N) is 4. The molecule has 0 unspecified atom stereocenters. The number of halogens is 6. The van der Waals surface area contributed by atoms with Gasteiger partial charge in [-0.05, 0) is 54.4 Å². The third-order valence-electron chi connectivity index (χ3n) is 7.72. The van der Waals surface area contributed by atoms with E-state index in [4.69, 9.17) is 0 Å². The molecule has 3 saturated carbocycles. The third-order valence-corrected chi connectivity index (χ3v) is 10.0. The lowest BCUT2D eigenvalue weighted by Gasteiger charge is -2.67. The topological polar surface area (TPSA) is 57.9 Å². The molecule has 1 atom stereocenters. The summed E-state index contributed by atoms with van der Waals surface area (Å²) in [6, 6.07) is 2.26. The summed E-state index contributed by atoms with van der Waals surface area (Å²) in [6.07, 6.45) is 1.09. The first-order chi connectivity index (χ1) is 16.8. The quantitative estimate of drug-likeness (QED) is 0.417. The van der Waals surface area contributed by atoms with Crippen molar-refractivity contribution in [3.05, 3.63) is 52.8 Å². The van der Waals surface area contributed by atoms with Crippen molar-refractivity contribution in [3.8, 4) is 0 Å². The molecule has 3 aromatic rings. The van der Waals surface area contributed by atoms with Crippen LogP contribution in [0.25, 0.3) is 4.96 Å². The fourth-order valence-corrected chi connectivity index (χ4v) is 7.57. The maximum absolute atomic E-state index is 13.6. The molecule has 2 bridgehead atoms. The number of fused-ring (bicyclic) bond motifs is 2. The molecular formula is C22H20F6N4O2S2. The lowest BCUT2D eigenvalue weighted by molar-refractivity contribution is -0.137. The fourth-order valence-electron chi connectivity index (χ4n) is 5.91. The molecule has 7 rings (SSSR count). The second-order valence-electron chi connectivity index (χ2n) is 9.89. The highest BCUT2D eigenvalue weighted by molar-refractivity contribution is 7.89. The van der Waals surface area contributed by atoms with E-state index in [0.29, 0.717) is 26.6 Å². The van der Waals surface area contributed by atoms with Crippen LogP contribution in [0.4, 0.5) is 32.0 Å². The number of imidazole rings is 1. The molecule has 6 nitrogen and oxygen atoms in total. The van der Waals surface area contributed by atoms with Crippen LogP contribution in [0.2, 0.25) is 0 Å². The van der Waals surface area contributed by atoms with Crippen molar-refractivity contribution in [3.63, 3.8) is 0 Å². The van der Waals surface area contributed by atoms with Crippen LogP contribution in [0.15, 0.2) is 36.0 Å². The summed E-state index contributed by atoms with van der Waals surface area (Å²) in [5, 5.41) is 1.84. The van der Waals surface area contributed by atoms with E-state index >= 15 is 0 Å². The van der Waals surface area contributed by atoms with Crippen molar-refractivity contribution < 1.29 is 34.8 Å². The Hall–Kier alpha value is -2.32. The van der Waals surface area contributed by atoms with E-state index in [1.807, 2.05) is 5.38 Å². The lowest BCUT2D eigenvalue weighted by atomic mass is 9.41. The van der Waals surface area contributed by atoms with Crippen LogP contribution in [-0.4, -0.2) is 40.2 Å². The van der Waals surface area contributed by atoms with Crippen LogP contribution in [-0.2, 0) is 29.3 Å². The van der Waals surface area contributed by atoms with Crippen molar-refractivity contribution in [2.75, 3.05) is 11.4 Å². The Morgan fingerprint density at radius 3 is 2.42 bits per heavy atom. The zero-order valence-electron chi connectivity index (χ0n) is 18.6. The minimum atomic E-state index is -5.77. The van der Waals surface area contributed by atoms with E-state index in [-0.39, 0.29) is 17.5 Å². The van der Waals surface area contributed by atoms with E-state index < -0.39 is 46.4 Å². The molecule has 0 radical (unpaired) electrons. The molecule has 0 N–H and O–H groups in total. The highest BCUT2D eigenvalue weighted by atomic mass is 32.2. The number of sulfonamides is 1. The monoisotopic (exact) mass is 550 g/mol. The summed E-state index contributed by atoms with van der Waals surface area (Å²) in [5.41, 5.74) is -6.22. The summed E-state index contributed by atoms with van der Waals surface area (Å²) in [6.45, 7) is -1.14. The molecule has 0 saturated heterocycles. The Labute approximate surface area is 206 Å². The van der Waals surface area contributed by atoms with Crippen molar-refractivity contribution in [1.82, 2.24) is 13.7 Å². The number of thiazole rings is 1. The van der Waals surface area contributed by atoms with Gasteiger partial charge in [-0.25, -0.2) is 13.4 Å². The summed E-state index contributed by atoms with van der Waals surface area (Å²) >= 11 is 1.40. The summed E-state index contributed by atoms with van der Waals surface area (Å²) in [7, 11) is -5.77. The van der Waals surface area contributed by atoms with E-state index in [2.05, 4.69) is 4.98 Å². The Morgan fingerprint density at radius 1 is 1.11 bits per heavy atom. The van der Waals surface area contributed by atoms with Gasteiger partial charge >= 0.3 is 21.7 Å². The first-order valence-corrected chi connectivity index (χ1v) is 13.5. The smallest absolute Gasteiger partial charge is 0.360 e. The van der Waals surface area contributed by atoms with Crippen LogP contribution >= 0.6 is 11.3 Å². The average molecular weight is 551 g/mol. The van der Waals surface area contributed by atoms with Gasteiger partial charge in [0.15, 0.2) is 4.96 Å². The average Bonchev–Trinajstić information content (AvgIpc) is 3.24. The second kappa shape index (κ2) is 7.60. The standard InChI is InChI=1S/C22H20F6N4O2S2/c23-21(24,25)15-1-2-17-14(5-15)9-31(36(33,34)22(26,27)28)12-18(20-6-13(7-20)8-20)32(17)11-16-10-30-3-4-35-19(30)29-16/h1-5,10,13,18H,6-9,11-12H2/t13?,18-,20?/m0/s1. The number of benzene rings is 1. The fraction of sp³-hybridized carbons (Fsp3) is 0.500. The molecule has 1 aliphatic heterocycles. The molecule has 1 aromatic carbocycles. The van der Waals surface area contributed by atoms with Gasteiger partial charge in [0.2, 0.25) is 0 Å². The van der Waals surface area contributed by atoms with Crippen LogP contribution in [0.1, 0.15) is 36.1 Å². The lowest BCUT2D eigenvalue weighted by Crippen LogP contribution is -2.66. The van der Waals surface area contributed by atoms with Crippen LogP contribution in [0.5, 0.6) is 0 Å². The molecule has 0 spiro atoms. The Balaban J connectivity index is 1.49. The first-order valence-electron chi connectivity index (χ1n) is 11.2. The maximum Gasteiger partial charge on any atom is 0.511 e. The van der Waals surface area contributed by atoms with E-state index in [1.165, 1.54) is 17.4 Å². The molecule has 3 fully saturated rings. The molecule has 36 heavy (non-hydrogen) atoms. The Kier molecular flexibility index (Phi) is 5.08. The van der Waals surface area contributed by atoms with Gasteiger partial charge in [-0.15, -0.1) is 11.3 Å². The summed E-state index contributed by atoms with van der Waals surface area (Å²) in [5.74, 6) is 0.452. The summed E-state index contributed by atoms with van der Waals surface area (Å²) < 4.78 is 109. The van der Waals surface area contributed by atoms with Gasteiger partial charge in [0.05, 0.1) is 17.8 Å². The predicted molar refractivity (Wildman–Crippen MR) is 120 cm³/mol. The van der Waals surface area contributed by atoms with Crippen LogP contribution in [0, 0.1) is 11.3 Å². The van der Waals surface area contributed by atoms with E-state index in [0.717, 1.165) is 31.4 Å². The van der Waals surface area contributed by atoms with Crippen molar-refractivity contribution >= 4 is 32.0 Å². The summed E-state index contributed by atoms with van der Waals surface area (Å²) in [4.78, 5) is 7.04. The zero-order valence-corrected chi connectivity index (χ0v) is 20.2. The van der Waals surface area contributed by atoms with Crippen molar-refractivity contribution in [2.45, 2.75) is 50.1 Å². The Morgan fingerprint density at radius 2 is 1.83 bits per heavy atom. The molecule has 0 amide bonds. The number of hydrogen-bond acceptors (Lipinski definition) is 5. The van der Waals surface area contributed by atoms with Crippen molar-refractivity contribution in [1.29, 1.82) is 0 Å². The normalized spacial score (nSPS) is 26.9. The van der Waals surface area contributed by atoms with Gasteiger partial charge in [0, 0.05) is 42.6 Å². The number of anilines is 1. The SMILES string of the molecule is O=S(=O)(N1Cc2cc(C(F)(F)F)ccc2N(Cc2cn3ccsc3n2)[C@H](C23CC(C2)C3)C1)C(F)(F)F. The molecule has 3 heterocycles.